The first-order valence-electron chi connectivity index (χ1n) is 8.51. The van der Waals surface area contributed by atoms with E-state index in [1.54, 1.807) is 0 Å². The van der Waals surface area contributed by atoms with E-state index in [1.807, 2.05) is 0 Å². The van der Waals surface area contributed by atoms with E-state index in [0.29, 0.717) is 0 Å². The Kier molecular flexibility index (Phi) is 17.8. The Labute approximate surface area is 158 Å². The molecule has 0 N–H and O–H groups in total. The van der Waals surface area contributed by atoms with Crippen molar-refractivity contribution in [1.29, 1.82) is 0 Å². The fourth-order valence-corrected chi connectivity index (χ4v) is 8.50. The molecular weight excluding hydrogens is 508 g/mol. The molecule has 0 fully saturated rings. The number of halogens is 1. The Morgan fingerprint density at radius 2 is 0.909 bits per heavy atom. The monoisotopic (exact) mass is 549 g/mol. The Hall–Kier alpha value is 1.76. The predicted octanol–water partition coefficient (Wildman–Crippen LogP) is 5.67. The van der Waals surface area contributed by atoms with Gasteiger partial charge in [-0.1, -0.05) is 55.4 Å². The summed E-state index contributed by atoms with van der Waals surface area (Å²) in [6, 6.07) is 0. The number of hydrogen-bond acceptors (Lipinski definition) is 1. The summed E-state index contributed by atoms with van der Waals surface area (Å²) in [7, 11) is 7.42. The Bertz CT molecular complexity index is 211. The third-order valence-electron chi connectivity index (χ3n) is 4.13. The van der Waals surface area contributed by atoms with E-state index in [2.05, 4.69) is 67.3 Å². The summed E-state index contributed by atoms with van der Waals surface area (Å²) in [5.74, 6) is 0. The molecule has 0 atom stereocenters. The van der Waals surface area contributed by atoms with E-state index in [1.165, 1.54) is 43.3 Å². The first-order chi connectivity index (χ1) is 10.2. The summed E-state index contributed by atoms with van der Waals surface area (Å²) in [5, 5.41) is 0. The number of hydrogen-bond donors (Lipinski definition) is 0. The second-order valence-electron chi connectivity index (χ2n) is 7.15. The molecule has 0 bridgehead atoms. The van der Waals surface area contributed by atoms with Crippen molar-refractivity contribution >= 4 is 25.4 Å². The molecule has 0 spiro atoms. The number of rotatable bonds is 10. The molecule has 0 saturated heterocycles. The molecule has 0 amide bonds. The van der Waals surface area contributed by atoms with Crippen molar-refractivity contribution in [2.75, 3.05) is 32.5 Å². The van der Waals surface area contributed by atoms with Gasteiger partial charge in [-0.15, -0.1) is 15.8 Å². The summed E-state index contributed by atoms with van der Waals surface area (Å²) in [4.78, 5) is 2.58. The zero-order valence-electron chi connectivity index (χ0n) is 16.2. The van der Waals surface area contributed by atoms with Crippen LogP contribution >= 0.6 is 25.4 Å². The van der Waals surface area contributed by atoms with Gasteiger partial charge in [-0.2, -0.15) is 0 Å². The Morgan fingerprint density at radius 1 is 0.682 bits per heavy atom. The molecule has 0 aromatic rings. The van der Waals surface area contributed by atoms with Crippen LogP contribution in [0.15, 0.2) is 0 Å². The molecule has 140 valence electrons. The summed E-state index contributed by atoms with van der Waals surface area (Å²) in [5.41, 5.74) is 3.51. The quantitative estimate of drug-likeness (QED) is 0.318. The van der Waals surface area contributed by atoms with Gasteiger partial charge in [-0.25, -0.2) is 0 Å². The first kappa shape index (κ1) is 26.0. The average Bonchev–Trinajstić information content (AvgIpc) is 2.39. The van der Waals surface area contributed by atoms with Crippen LogP contribution in [0.2, 0.25) is 0 Å². The zero-order valence-corrected chi connectivity index (χ0v) is 21.5. The van der Waals surface area contributed by atoms with Crippen LogP contribution < -0.4 is 0 Å². The van der Waals surface area contributed by atoms with Gasteiger partial charge in [-0.05, 0) is 42.0 Å². The maximum absolute atomic E-state index is 4.69. The van der Waals surface area contributed by atoms with Gasteiger partial charge < -0.3 is 4.90 Å². The van der Waals surface area contributed by atoms with Gasteiger partial charge in [-0.3, -0.25) is 0 Å². The van der Waals surface area contributed by atoms with Crippen LogP contribution in [0.25, 0.3) is 0 Å². The molecule has 5 heteroatoms. The maximum atomic E-state index is 4.69. The molecule has 0 aliphatic rings. The Balaban J connectivity index is 0. The van der Waals surface area contributed by atoms with Gasteiger partial charge >= 0.3 is 27.5 Å². The van der Waals surface area contributed by atoms with Crippen LogP contribution in [0, 0.1) is 0 Å². The van der Waals surface area contributed by atoms with Crippen LogP contribution in [-0.4, -0.2) is 60.0 Å². The molecule has 0 saturated carbocycles. The molecule has 0 aliphatic carbocycles. The molecule has 1 nitrogen and oxygen atoms in total. The molecule has 0 aromatic carbocycles. The van der Waals surface area contributed by atoms with Crippen molar-refractivity contribution in [3.8, 4) is 0 Å². The van der Waals surface area contributed by atoms with Gasteiger partial charge in [0.05, 0.1) is 0 Å². The van der Waals surface area contributed by atoms with E-state index in [0.717, 1.165) is 22.6 Å². The minimum atomic E-state index is 0.202. The average molecular weight is 549 g/mol. The number of nitrogens with zero attached hydrogens (tertiary/aromatic N) is 1. The van der Waals surface area contributed by atoms with E-state index >= 15 is 0 Å². The third kappa shape index (κ3) is 12.2. The fraction of sp³-hybridized carbons (Fsp3) is 1.00. The molecule has 0 unspecified atom stereocenters. The second kappa shape index (κ2) is 15.0. The summed E-state index contributed by atoms with van der Waals surface area (Å²) < 4.78 is 0. The summed E-state index contributed by atoms with van der Waals surface area (Å²) >= 11 is 1.19. The topological polar surface area (TPSA) is 3.24 Å². The predicted molar refractivity (Wildman–Crippen MR) is 110 cm³/mol. The van der Waals surface area contributed by atoms with Crippen LogP contribution in [-0.2, 0) is 17.9 Å². The van der Waals surface area contributed by atoms with Crippen molar-refractivity contribution in [1.82, 2.24) is 4.90 Å². The minimum absolute atomic E-state index is 0.202. The van der Waals surface area contributed by atoms with Crippen LogP contribution in [0.3, 0.4) is 0 Å². The van der Waals surface area contributed by atoms with E-state index < -0.39 is 0 Å². The van der Waals surface area contributed by atoms with Gasteiger partial charge in [0.25, 0.3) is 0 Å². The second-order valence-corrected chi connectivity index (χ2v) is 14.2. The first-order valence-corrected chi connectivity index (χ1v) is 15.2. The van der Waals surface area contributed by atoms with Crippen molar-refractivity contribution in [3.05, 3.63) is 0 Å². The Morgan fingerprint density at radius 3 is 1.09 bits per heavy atom. The van der Waals surface area contributed by atoms with E-state index in [4.69, 9.17) is 9.58 Å². The molecular formula is C17H41ClIrNP2. The third-order valence-corrected chi connectivity index (χ3v) is 10.9. The van der Waals surface area contributed by atoms with Gasteiger partial charge in [0.15, 0.2) is 0 Å². The fourth-order valence-electron chi connectivity index (χ4n) is 2.91. The van der Waals surface area contributed by atoms with Gasteiger partial charge in [0, 0.05) is 13.1 Å². The molecule has 0 radical (unpaired) electrons. The zero-order chi connectivity index (χ0) is 17.9. The molecule has 0 aliphatic heterocycles. The summed E-state index contributed by atoms with van der Waals surface area (Å²) in [6.45, 7) is 21.8. The van der Waals surface area contributed by atoms with Gasteiger partial charge in [0.2, 0.25) is 0 Å². The standard InChI is InChI=1S/C17H39NP2.ClH.Ir.2H/c1-14(2)19(15(3)4)12-10-18(9)11-13-20(16(5)6)17(7)8;;;;/h14-17H,10-13H2,1-9H3;1H;;;/q;;+1;;/p-1. The molecule has 0 heterocycles. The normalized spacial score (nSPS) is 12.3. The van der Waals surface area contributed by atoms with Crippen molar-refractivity contribution in [2.24, 2.45) is 0 Å². The van der Waals surface area contributed by atoms with Gasteiger partial charge in [0.1, 0.15) is 0 Å². The van der Waals surface area contributed by atoms with Crippen molar-refractivity contribution in [3.63, 3.8) is 0 Å². The van der Waals surface area contributed by atoms with E-state index in [9.17, 15) is 0 Å². The van der Waals surface area contributed by atoms with Crippen molar-refractivity contribution in [2.45, 2.75) is 78.0 Å². The molecule has 22 heavy (non-hydrogen) atoms. The van der Waals surface area contributed by atoms with E-state index in [-0.39, 0.29) is 15.8 Å². The van der Waals surface area contributed by atoms with Crippen LogP contribution in [0.5, 0.6) is 0 Å². The van der Waals surface area contributed by atoms with Crippen LogP contribution in [0.4, 0.5) is 0 Å². The SMILES string of the molecule is CC(C)P(CCN(C)CCP(C(C)C)C(C)C)C(C)C.[Cl][IrH2]. The summed E-state index contributed by atoms with van der Waals surface area (Å²) in [6.07, 6.45) is 2.84. The van der Waals surface area contributed by atoms with Crippen molar-refractivity contribution < 1.29 is 17.9 Å². The molecule has 0 aromatic heterocycles. The molecule has 0 rings (SSSR count). The van der Waals surface area contributed by atoms with Crippen LogP contribution in [0.1, 0.15) is 55.4 Å².